The normalized spacial score (nSPS) is 12.5. The maximum atomic E-state index is 11.5. The summed E-state index contributed by atoms with van der Waals surface area (Å²) in [6, 6.07) is 14.2. The van der Waals surface area contributed by atoms with Gasteiger partial charge in [0.1, 0.15) is 18.1 Å². The van der Waals surface area contributed by atoms with Crippen LogP contribution in [0.3, 0.4) is 0 Å². The number of nitrogens with one attached hydrogen (secondary N) is 1. The highest BCUT2D eigenvalue weighted by atomic mass is 32.2. The number of aromatic nitrogens is 1. The Labute approximate surface area is 190 Å². The molecule has 1 aromatic heterocycles. The van der Waals surface area contributed by atoms with Crippen molar-refractivity contribution in [2.45, 2.75) is 51.5 Å². The summed E-state index contributed by atoms with van der Waals surface area (Å²) < 4.78 is 34.8. The van der Waals surface area contributed by atoms with Crippen LogP contribution in [0.25, 0.3) is 11.5 Å². The van der Waals surface area contributed by atoms with Gasteiger partial charge in [0.15, 0.2) is 9.84 Å². The standard InChI is InChI=1S/C25H30N2O4S/c1-5-17(2)23(26)14-15-24-18(3)31-25(27-24)20-8-10-21(11-9-20)30-16-19-6-12-22(13-7-19)32(4,28)29/h6-13,17,26H,5,14-16H2,1-4H3/t17-/m1/s1. The molecule has 7 heteroatoms. The van der Waals surface area contributed by atoms with E-state index in [1.54, 1.807) is 24.3 Å². The number of benzene rings is 2. The molecule has 0 radical (unpaired) electrons. The quantitative estimate of drug-likeness (QED) is 0.401. The summed E-state index contributed by atoms with van der Waals surface area (Å²) in [4.78, 5) is 4.93. The zero-order chi connectivity index (χ0) is 23.3. The lowest BCUT2D eigenvalue weighted by Crippen LogP contribution is -2.10. The van der Waals surface area contributed by atoms with Crippen molar-refractivity contribution in [1.29, 1.82) is 5.41 Å². The molecular formula is C25H30N2O4S. The van der Waals surface area contributed by atoms with Crippen molar-refractivity contribution in [1.82, 2.24) is 4.98 Å². The average molecular weight is 455 g/mol. The van der Waals surface area contributed by atoms with Crippen LogP contribution >= 0.6 is 0 Å². The molecule has 170 valence electrons. The summed E-state index contributed by atoms with van der Waals surface area (Å²) in [7, 11) is -3.20. The second kappa shape index (κ2) is 10.1. The summed E-state index contributed by atoms with van der Waals surface area (Å²) in [5.74, 6) is 2.35. The highest BCUT2D eigenvalue weighted by molar-refractivity contribution is 7.90. The molecule has 0 saturated carbocycles. The van der Waals surface area contributed by atoms with Gasteiger partial charge in [0.05, 0.1) is 10.6 Å². The van der Waals surface area contributed by atoms with Crippen molar-refractivity contribution in [2.24, 2.45) is 5.92 Å². The summed E-state index contributed by atoms with van der Waals surface area (Å²) in [6.45, 7) is 6.43. The van der Waals surface area contributed by atoms with E-state index < -0.39 is 9.84 Å². The van der Waals surface area contributed by atoms with Crippen LogP contribution in [0.1, 0.15) is 43.7 Å². The van der Waals surface area contributed by atoms with E-state index in [9.17, 15) is 8.42 Å². The van der Waals surface area contributed by atoms with Crippen LogP contribution in [0, 0.1) is 18.3 Å². The third-order valence-corrected chi connectivity index (χ3v) is 6.72. The van der Waals surface area contributed by atoms with Crippen molar-refractivity contribution in [3.63, 3.8) is 0 Å². The summed E-state index contributed by atoms with van der Waals surface area (Å²) in [6.07, 6.45) is 3.57. The molecule has 0 bridgehead atoms. The summed E-state index contributed by atoms with van der Waals surface area (Å²) in [5, 5.41) is 8.15. The first-order valence-electron chi connectivity index (χ1n) is 10.7. The van der Waals surface area contributed by atoms with Gasteiger partial charge in [-0.15, -0.1) is 0 Å². The Hall–Kier alpha value is -2.93. The second-order valence-electron chi connectivity index (χ2n) is 8.09. The Morgan fingerprint density at radius 1 is 1.12 bits per heavy atom. The minimum atomic E-state index is -3.20. The number of oxazole rings is 1. The van der Waals surface area contributed by atoms with Gasteiger partial charge in [0, 0.05) is 17.5 Å². The molecule has 0 saturated heterocycles. The molecule has 3 aromatic rings. The Kier molecular flexibility index (Phi) is 7.51. The van der Waals surface area contributed by atoms with Crippen molar-refractivity contribution in [3.05, 3.63) is 65.5 Å². The van der Waals surface area contributed by atoms with Gasteiger partial charge in [-0.25, -0.2) is 13.4 Å². The topological polar surface area (TPSA) is 93.2 Å². The molecule has 0 unspecified atom stereocenters. The smallest absolute Gasteiger partial charge is 0.226 e. The molecule has 0 aliphatic rings. The zero-order valence-corrected chi connectivity index (χ0v) is 19.8. The molecule has 1 heterocycles. The third-order valence-electron chi connectivity index (χ3n) is 5.59. The van der Waals surface area contributed by atoms with Gasteiger partial charge in [-0.1, -0.05) is 26.0 Å². The number of rotatable bonds is 10. The molecule has 0 fully saturated rings. The van der Waals surface area contributed by atoms with E-state index >= 15 is 0 Å². The molecule has 6 nitrogen and oxygen atoms in total. The van der Waals surface area contributed by atoms with E-state index in [4.69, 9.17) is 14.6 Å². The number of hydrogen-bond acceptors (Lipinski definition) is 6. The maximum absolute atomic E-state index is 11.5. The van der Waals surface area contributed by atoms with Gasteiger partial charge < -0.3 is 14.6 Å². The Bertz CT molecular complexity index is 1160. The Morgan fingerprint density at radius 2 is 1.78 bits per heavy atom. The fourth-order valence-corrected chi connectivity index (χ4v) is 3.85. The predicted octanol–water partition coefficient (Wildman–Crippen LogP) is 5.63. The van der Waals surface area contributed by atoms with Crippen molar-refractivity contribution in [3.8, 4) is 17.2 Å². The Balaban J connectivity index is 1.60. The predicted molar refractivity (Wildman–Crippen MR) is 126 cm³/mol. The van der Waals surface area contributed by atoms with Crippen LogP contribution in [-0.4, -0.2) is 25.4 Å². The van der Waals surface area contributed by atoms with Gasteiger partial charge >= 0.3 is 0 Å². The van der Waals surface area contributed by atoms with Crippen LogP contribution < -0.4 is 4.74 Å². The van der Waals surface area contributed by atoms with Gasteiger partial charge in [-0.05, 0) is 74.1 Å². The lowest BCUT2D eigenvalue weighted by Gasteiger charge is -2.09. The molecule has 1 N–H and O–H groups in total. The van der Waals surface area contributed by atoms with E-state index in [0.29, 0.717) is 41.9 Å². The molecule has 0 aliphatic carbocycles. The molecule has 32 heavy (non-hydrogen) atoms. The van der Waals surface area contributed by atoms with Crippen LogP contribution in [0.5, 0.6) is 5.75 Å². The van der Waals surface area contributed by atoms with E-state index in [0.717, 1.165) is 34.7 Å². The minimum absolute atomic E-state index is 0.294. The largest absolute Gasteiger partial charge is 0.489 e. The third kappa shape index (κ3) is 6.07. The number of sulfone groups is 1. The van der Waals surface area contributed by atoms with Crippen molar-refractivity contribution in [2.75, 3.05) is 6.26 Å². The van der Waals surface area contributed by atoms with Gasteiger partial charge in [-0.3, -0.25) is 0 Å². The van der Waals surface area contributed by atoms with E-state index in [-0.39, 0.29) is 0 Å². The fraction of sp³-hybridized carbons (Fsp3) is 0.360. The van der Waals surface area contributed by atoms with E-state index in [1.807, 2.05) is 31.2 Å². The molecule has 1 atom stereocenters. The van der Waals surface area contributed by atoms with Crippen molar-refractivity contribution < 1.29 is 17.6 Å². The van der Waals surface area contributed by atoms with Gasteiger partial charge in [-0.2, -0.15) is 0 Å². The van der Waals surface area contributed by atoms with Crippen molar-refractivity contribution >= 4 is 15.5 Å². The monoisotopic (exact) mass is 454 g/mol. The molecule has 3 rings (SSSR count). The van der Waals surface area contributed by atoms with Gasteiger partial charge in [0.25, 0.3) is 0 Å². The summed E-state index contributed by atoms with van der Waals surface area (Å²) in [5.41, 5.74) is 3.40. The minimum Gasteiger partial charge on any atom is -0.489 e. The molecule has 0 spiro atoms. The highest BCUT2D eigenvalue weighted by Crippen LogP contribution is 2.25. The number of aryl methyl sites for hydroxylation is 2. The van der Waals surface area contributed by atoms with Gasteiger partial charge in [0.2, 0.25) is 5.89 Å². The first-order chi connectivity index (χ1) is 15.2. The second-order valence-corrected chi connectivity index (χ2v) is 10.1. The van der Waals surface area contributed by atoms with Crippen LogP contribution in [0.4, 0.5) is 0 Å². The average Bonchev–Trinajstić information content (AvgIpc) is 3.16. The van der Waals surface area contributed by atoms with Crippen LogP contribution in [-0.2, 0) is 22.9 Å². The fourth-order valence-electron chi connectivity index (χ4n) is 3.22. The SMILES string of the molecule is CC[C@@H](C)C(=N)CCc1nc(-c2ccc(OCc3ccc(S(C)(=O)=O)cc3)cc2)oc1C. The number of nitrogens with zero attached hydrogens (tertiary/aromatic N) is 1. The molecule has 0 aliphatic heterocycles. The van der Waals surface area contributed by atoms with E-state index in [2.05, 4.69) is 18.8 Å². The van der Waals surface area contributed by atoms with Crippen LogP contribution in [0.15, 0.2) is 57.8 Å². The Morgan fingerprint density at radius 3 is 2.38 bits per heavy atom. The van der Waals surface area contributed by atoms with E-state index in [1.165, 1.54) is 6.26 Å². The lowest BCUT2D eigenvalue weighted by molar-refractivity contribution is 0.306. The maximum Gasteiger partial charge on any atom is 0.226 e. The number of hydrogen-bond donors (Lipinski definition) is 1. The number of ether oxygens (including phenoxy) is 1. The first kappa shape index (κ1) is 23.7. The zero-order valence-electron chi connectivity index (χ0n) is 19.0. The lowest BCUT2D eigenvalue weighted by atomic mass is 9.98. The van der Waals surface area contributed by atoms with Crippen LogP contribution in [0.2, 0.25) is 0 Å². The molecule has 0 amide bonds. The molecular weight excluding hydrogens is 424 g/mol. The molecule has 2 aromatic carbocycles. The first-order valence-corrected chi connectivity index (χ1v) is 12.6. The summed E-state index contributed by atoms with van der Waals surface area (Å²) >= 11 is 0. The highest BCUT2D eigenvalue weighted by Gasteiger charge is 2.14.